The minimum Gasteiger partial charge on any atom is -0.385 e. The molecule has 1 heterocycles. The van der Waals surface area contributed by atoms with E-state index in [9.17, 15) is 19.7 Å². The number of nitrogens with one attached hydrogen (secondary N) is 3. The number of hydrogen-bond acceptors (Lipinski definition) is 6. The first-order valence-corrected chi connectivity index (χ1v) is 10.1. The Balaban J connectivity index is 1.42. The lowest BCUT2D eigenvalue weighted by molar-refractivity contribution is -0.384. The van der Waals surface area contributed by atoms with Crippen LogP contribution in [0.4, 0.5) is 22.7 Å². The van der Waals surface area contributed by atoms with Crippen molar-refractivity contribution in [3.05, 3.63) is 81.0 Å². The van der Waals surface area contributed by atoms with Gasteiger partial charge in [-0.05, 0) is 48.2 Å². The first-order chi connectivity index (χ1) is 14.5. The van der Waals surface area contributed by atoms with Crippen molar-refractivity contribution in [2.75, 3.05) is 22.5 Å². The molecule has 0 bridgehead atoms. The highest BCUT2D eigenvalue weighted by Crippen LogP contribution is 2.18. The zero-order chi connectivity index (χ0) is 21.3. The number of thiophene rings is 1. The molecular weight excluding hydrogens is 404 g/mol. The van der Waals surface area contributed by atoms with Crippen LogP contribution in [0.5, 0.6) is 0 Å². The van der Waals surface area contributed by atoms with Crippen LogP contribution in [0.3, 0.4) is 0 Å². The van der Waals surface area contributed by atoms with Gasteiger partial charge < -0.3 is 16.0 Å². The molecule has 2 aromatic carbocycles. The number of rotatable bonds is 9. The Bertz CT molecular complexity index is 1020. The predicted octanol–water partition coefficient (Wildman–Crippen LogP) is 4.74. The average Bonchev–Trinajstić information content (AvgIpc) is 3.27. The van der Waals surface area contributed by atoms with Gasteiger partial charge in [0, 0.05) is 42.2 Å². The molecule has 0 atom stereocenters. The molecule has 0 aliphatic rings. The third-order valence-corrected chi connectivity index (χ3v) is 5.01. The molecule has 0 aliphatic carbocycles. The third kappa shape index (κ3) is 6.14. The molecule has 0 saturated carbocycles. The number of non-ortho nitro benzene ring substituents is 1. The number of anilines is 3. The van der Waals surface area contributed by atoms with Crippen molar-refractivity contribution < 1.29 is 14.5 Å². The maximum atomic E-state index is 12.2. The summed E-state index contributed by atoms with van der Waals surface area (Å²) in [5.41, 5.74) is 2.00. The normalized spacial score (nSPS) is 10.3. The van der Waals surface area contributed by atoms with Crippen molar-refractivity contribution in [1.82, 2.24) is 0 Å². The van der Waals surface area contributed by atoms with Crippen molar-refractivity contribution in [2.24, 2.45) is 0 Å². The van der Waals surface area contributed by atoms with Crippen LogP contribution in [-0.4, -0.2) is 23.3 Å². The highest BCUT2D eigenvalue weighted by molar-refractivity contribution is 7.12. The zero-order valence-corrected chi connectivity index (χ0v) is 16.8. The number of nitro benzene ring substituents is 1. The molecule has 3 N–H and O–H groups in total. The molecule has 3 rings (SSSR count). The number of hydrogen-bond donors (Lipinski definition) is 3. The summed E-state index contributed by atoms with van der Waals surface area (Å²) in [4.78, 5) is 35.1. The maximum absolute atomic E-state index is 12.2. The molecule has 0 radical (unpaired) electrons. The topological polar surface area (TPSA) is 113 Å². The number of amides is 2. The van der Waals surface area contributed by atoms with Crippen LogP contribution in [0.1, 0.15) is 22.5 Å². The van der Waals surface area contributed by atoms with Gasteiger partial charge in [-0.1, -0.05) is 12.1 Å². The second-order valence-electron chi connectivity index (χ2n) is 6.39. The van der Waals surface area contributed by atoms with Gasteiger partial charge >= 0.3 is 0 Å². The predicted molar refractivity (Wildman–Crippen MR) is 118 cm³/mol. The van der Waals surface area contributed by atoms with Gasteiger partial charge in [0.15, 0.2) is 0 Å². The molecule has 2 amide bonds. The monoisotopic (exact) mass is 424 g/mol. The molecule has 3 aromatic rings. The SMILES string of the molecule is O=C(CCCNc1ccc([N+](=O)[O-])cc1)Nc1cccc(NC(=O)c2cccs2)c1. The first-order valence-electron chi connectivity index (χ1n) is 9.24. The largest absolute Gasteiger partial charge is 0.385 e. The summed E-state index contributed by atoms with van der Waals surface area (Å²) in [7, 11) is 0. The molecule has 0 saturated heterocycles. The minimum atomic E-state index is -0.448. The van der Waals surface area contributed by atoms with Crippen molar-refractivity contribution in [1.29, 1.82) is 0 Å². The number of carbonyl (C=O) groups excluding carboxylic acids is 2. The molecule has 0 spiro atoms. The summed E-state index contributed by atoms with van der Waals surface area (Å²) >= 11 is 1.36. The van der Waals surface area contributed by atoms with Crippen LogP contribution in [0.25, 0.3) is 0 Å². The standard InChI is InChI=1S/C21H20N4O4S/c26-20(7-2-12-22-15-8-10-18(11-9-15)25(28)29)23-16-4-1-5-17(14-16)24-21(27)19-6-3-13-30-19/h1,3-6,8-11,13-14,22H,2,7,12H2,(H,23,26)(H,24,27). The van der Waals surface area contributed by atoms with E-state index in [0.29, 0.717) is 35.6 Å². The zero-order valence-electron chi connectivity index (χ0n) is 16.0. The van der Waals surface area contributed by atoms with Gasteiger partial charge in [-0.2, -0.15) is 0 Å². The Labute approximate surface area is 177 Å². The number of benzene rings is 2. The van der Waals surface area contributed by atoms with E-state index in [2.05, 4.69) is 16.0 Å². The summed E-state index contributed by atoms with van der Waals surface area (Å²) in [5, 5.41) is 21.2. The molecule has 154 valence electrons. The Kier molecular flexibility index (Phi) is 7.12. The van der Waals surface area contributed by atoms with E-state index >= 15 is 0 Å². The fraction of sp³-hybridized carbons (Fsp3) is 0.143. The van der Waals surface area contributed by atoms with Gasteiger partial charge in [0.05, 0.1) is 9.80 Å². The van der Waals surface area contributed by atoms with Gasteiger partial charge in [0.2, 0.25) is 5.91 Å². The van der Waals surface area contributed by atoms with Gasteiger partial charge in [-0.3, -0.25) is 19.7 Å². The van der Waals surface area contributed by atoms with Crippen LogP contribution >= 0.6 is 11.3 Å². The van der Waals surface area contributed by atoms with E-state index in [1.807, 2.05) is 11.4 Å². The minimum absolute atomic E-state index is 0.0359. The number of carbonyl (C=O) groups is 2. The molecule has 30 heavy (non-hydrogen) atoms. The summed E-state index contributed by atoms with van der Waals surface area (Å²) in [6, 6.07) is 16.7. The lowest BCUT2D eigenvalue weighted by Gasteiger charge is -2.09. The summed E-state index contributed by atoms with van der Waals surface area (Å²) < 4.78 is 0. The third-order valence-electron chi connectivity index (χ3n) is 4.14. The second kappa shape index (κ2) is 10.2. The Morgan fingerprint density at radius 2 is 1.67 bits per heavy atom. The Morgan fingerprint density at radius 3 is 2.33 bits per heavy atom. The molecular formula is C21H20N4O4S. The second-order valence-corrected chi connectivity index (χ2v) is 7.34. The van der Waals surface area contributed by atoms with Crippen LogP contribution < -0.4 is 16.0 Å². The van der Waals surface area contributed by atoms with Gasteiger partial charge in [0.25, 0.3) is 11.6 Å². The van der Waals surface area contributed by atoms with Crippen molar-refractivity contribution >= 4 is 45.9 Å². The van der Waals surface area contributed by atoms with Crippen molar-refractivity contribution in [3.8, 4) is 0 Å². The van der Waals surface area contributed by atoms with E-state index in [1.165, 1.54) is 23.5 Å². The average molecular weight is 424 g/mol. The van der Waals surface area contributed by atoms with E-state index in [4.69, 9.17) is 0 Å². The highest BCUT2D eigenvalue weighted by Gasteiger charge is 2.08. The van der Waals surface area contributed by atoms with Crippen LogP contribution in [0.15, 0.2) is 66.0 Å². The molecule has 8 nitrogen and oxygen atoms in total. The van der Waals surface area contributed by atoms with E-state index in [1.54, 1.807) is 42.5 Å². The molecule has 0 aliphatic heterocycles. The van der Waals surface area contributed by atoms with Gasteiger partial charge in [-0.25, -0.2) is 0 Å². The highest BCUT2D eigenvalue weighted by atomic mass is 32.1. The number of nitrogens with zero attached hydrogens (tertiary/aromatic N) is 1. The fourth-order valence-electron chi connectivity index (χ4n) is 2.68. The van der Waals surface area contributed by atoms with Crippen molar-refractivity contribution in [2.45, 2.75) is 12.8 Å². The lowest BCUT2D eigenvalue weighted by Crippen LogP contribution is -2.14. The summed E-state index contributed by atoms with van der Waals surface area (Å²) in [5.74, 6) is -0.326. The quantitative estimate of drug-likeness (QED) is 0.261. The smallest absolute Gasteiger partial charge is 0.269 e. The first kappa shape index (κ1) is 21.0. The van der Waals surface area contributed by atoms with E-state index < -0.39 is 4.92 Å². The fourth-order valence-corrected chi connectivity index (χ4v) is 3.30. The molecule has 0 unspecified atom stereocenters. The van der Waals surface area contributed by atoms with Crippen LogP contribution in [0, 0.1) is 10.1 Å². The Morgan fingerprint density at radius 1 is 0.933 bits per heavy atom. The Hall–Kier alpha value is -3.72. The molecule has 0 fully saturated rings. The van der Waals surface area contributed by atoms with E-state index in [0.717, 1.165) is 5.69 Å². The summed E-state index contributed by atoms with van der Waals surface area (Å²) in [6.07, 6.45) is 0.906. The van der Waals surface area contributed by atoms with Crippen LogP contribution in [0.2, 0.25) is 0 Å². The summed E-state index contributed by atoms with van der Waals surface area (Å²) in [6.45, 7) is 0.558. The van der Waals surface area contributed by atoms with Gasteiger partial charge in [0.1, 0.15) is 0 Å². The number of nitro groups is 1. The maximum Gasteiger partial charge on any atom is 0.269 e. The lowest BCUT2D eigenvalue weighted by atomic mass is 10.2. The van der Waals surface area contributed by atoms with Gasteiger partial charge in [-0.15, -0.1) is 11.3 Å². The van der Waals surface area contributed by atoms with Crippen LogP contribution in [-0.2, 0) is 4.79 Å². The molecule has 1 aromatic heterocycles. The molecule has 9 heteroatoms. The van der Waals surface area contributed by atoms with E-state index in [-0.39, 0.29) is 17.5 Å². The van der Waals surface area contributed by atoms with Crippen molar-refractivity contribution in [3.63, 3.8) is 0 Å².